The lowest BCUT2D eigenvalue weighted by molar-refractivity contribution is 0.0964. The Kier molecular flexibility index (Phi) is 6.39. The van der Waals surface area contributed by atoms with Crippen molar-refractivity contribution in [2.75, 3.05) is 21.3 Å². The number of carbonyl (C=O) groups excluding carboxylic acids is 1. The zero-order valence-corrected chi connectivity index (χ0v) is 19.6. The van der Waals surface area contributed by atoms with Crippen LogP contribution in [0, 0.1) is 25.5 Å². The fourth-order valence-corrected chi connectivity index (χ4v) is 4.25. The van der Waals surface area contributed by atoms with Gasteiger partial charge in [0.1, 0.15) is 28.7 Å². The summed E-state index contributed by atoms with van der Waals surface area (Å²) in [5.74, 6) is -0.666. The van der Waals surface area contributed by atoms with Crippen molar-refractivity contribution in [2.24, 2.45) is 0 Å². The average Bonchev–Trinajstić information content (AvgIpc) is 3.20. The molecule has 1 heterocycles. The number of amides is 1. The fraction of sp³-hybridized carbons (Fsp3) is 0.222. The van der Waals surface area contributed by atoms with E-state index in [1.165, 1.54) is 38.4 Å². The van der Waals surface area contributed by atoms with Crippen LogP contribution in [0.1, 0.15) is 27.0 Å². The van der Waals surface area contributed by atoms with Gasteiger partial charge >= 0.3 is 0 Å². The molecule has 176 valence electrons. The van der Waals surface area contributed by atoms with E-state index in [1.807, 2.05) is 26.0 Å². The topological polar surface area (TPSA) is 60.7 Å². The van der Waals surface area contributed by atoms with Gasteiger partial charge in [0.15, 0.2) is 0 Å². The largest absolute Gasteiger partial charge is 0.496 e. The highest BCUT2D eigenvalue weighted by Crippen LogP contribution is 2.42. The van der Waals surface area contributed by atoms with Crippen LogP contribution < -0.4 is 10.1 Å². The third kappa shape index (κ3) is 3.92. The summed E-state index contributed by atoms with van der Waals surface area (Å²) in [5.41, 5.74) is 3.93. The van der Waals surface area contributed by atoms with Crippen molar-refractivity contribution in [3.8, 4) is 28.2 Å². The van der Waals surface area contributed by atoms with Crippen LogP contribution in [0.4, 0.5) is 8.78 Å². The van der Waals surface area contributed by atoms with Crippen molar-refractivity contribution in [2.45, 2.75) is 20.5 Å². The molecule has 3 aromatic carbocycles. The van der Waals surface area contributed by atoms with E-state index in [1.54, 1.807) is 13.2 Å². The lowest BCUT2D eigenvalue weighted by Gasteiger charge is -2.16. The van der Waals surface area contributed by atoms with E-state index in [4.69, 9.17) is 13.9 Å². The van der Waals surface area contributed by atoms with E-state index in [-0.39, 0.29) is 28.9 Å². The smallest absolute Gasteiger partial charge is 0.255 e. The Morgan fingerprint density at radius 2 is 1.74 bits per heavy atom. The summed E-state index contributed by atoms with van der Waals surface area (Å²) in [6, 6.07) is 10.9. The lowest BCUT2D eigenvalue weighted by atomic mass is 9.91. The predicted octanol–water partition coefficient (Wildman–Crippen LogP) is 6.18. The molecule has 0 fully saturated rings. The molecular formula is C27H25F2NO4. The molecule has 5 nitrogen and oxygen atoms in total. The summed E-state index contributed by atoms with van der Waals surface area (Å²) in [6.45, 7) is 3.89. The summed E-state index contributed by atoms with van der Waals surface area (Å²) in [6.07, 6.45) is 0. The normalized spacial score (nSPS) is 11.1. The minimum Gasteiger partial charge on any atom is -0.496 e. The minimum absolute atomic E-state index is 0.0507. The molecule has 0 radical (unpaired) electrons. The number of carbonyl (C=O) groups is 1. The maximum absolute atomic E-state index is 16.4. The molecule has 0 bridgehead atoms. The van der Waals surface area contributed by atoms with E-state index in [2.05, 4.69) is 5.32 Å². The van der Waals surface area contributed by atoms with Crippen molar-refractivity contribution in [3.05, 3.63) is 76.4 Å². The molecular weight excluding hydrogens is 440 g/mol. The van der Waals surface area contributed by atoms with Gasteiger partial charge < -0.3 is 19.2 Å². The summed E-state index contributed by atoms with van der Waals surface area (Å²) in [4.78, 5) is 12.9. The molecule has 0 saturated carbocycles. The maximum atomic E-state index is 16.4. The second-order valence-corrected chi connectivity index (χ2v) is 8.06. The third-order valence-electron chi connectivity index (χ3n) is 5.87. The Morgan fingerprint density at radius 3 is 2.35 bits per heavy atom. The van der Waals surface area contributed by atoms with Gasteiger partial charge in [0.25, 0.3) is 5.91 Å². The Bertz CT molecular complexity index is 1390. The molecule has 0 aliphatic carbocycles. The standard InChI is InChI=1S/C27H25F2NO4/c1-14-11-20(33-5)15(2)10-19(14)22-17(13-32-4)12-21-23(25(22)29)24(27(31)30-3)26(34-21)16-6-8-18(28)9-7-16/h6-12H,13H2,1-5H3,(H,30,31). The monoisotopic (exact) mass is 465 g/mol. The summed E-state index contributed by atoms with van der Waals surface area (Å²) in [5, 5.41) is 2.62. The van der Waals surface area contributed by atoms with Gasteiger partial charge in [0.05, 0.1) is 24.7 Å². The van der Waals surface area contributed by atoms with Gasteiger partial charge in [-0.15, -0.1) is 0 Å². The number of hydrogen-bond acceptors (Lipinski definition) is 4. The Balaban J connectivity index is 2.09. The summed E-state index contributed by atoms with van der Waals surface area (Å²) < 4.78 is 46.7. The highest BCUT2D eigenvalue weighted by molar-refractivity contribution is 6.12. The van der Waals surface area contributed by atoms with Crippen molar-refractivity contribution in [1.29, 1.82) is 0 Å². The van der Waals surface area contributed by atoms with Gasteiger partial charge in [-0.25, -0.2) is 8.78 Å². The Hall–Kier alpha value is -3.71. The number of benzene rings is 3. The van der Waals surface area contributed by atoms with Crippen LogP contribution in [0.15, 0.2) is 46.9 Å². The number of methoxy groups -OCH3 is 2. The number of ether oxygens (including phenoxy) is 2. The molecule has 4 rings (SSSR count). The van der Waals surface area contributed by atoms with Gasteiger partial charge in [-0.3, -0.25) is 4.79 Å². The maximum Gasteiger partial charge on any atom is 0.255 e. The molecule has 34 heavy (non-hydrogen) atoms. The quantitative estimate of drug-likeness (QED) is 0.370. The molecule has 0 aliphatic heterocycles. The second-order valence-electron chi connectivity index (χ2n) is 8.06. The molecule has 0 aliphatic rings. The molecule has 4 aromatic rings. The van der Waals surface area contributed by atoms with Gasteiger partial charge in [-0.2, -0.15) is 0 Å². The number of nitrogens with one attached hydrogen (secondary N) is 1. The van der Waals surface area contributed by atoms with Gasteiger partial charge in [-0.05, 0) is 78.6 Å². The first-order chi connectivity index (χ1) is 16.3. The molecule has 0 saturated heterocycles. The van der Waals surface area contributed by atoms with Crippen LogP contribution in [0.5, 0.6) is 5.75 Å². The zero-order valence-electron chi connectivity index (χ0n) is 19.6. The Labute approximate surface area is 196 Å². The first-order valence-corrected chi connectivity index (χ1v) is 10.7. The van der Waals surface area contributed by atoms with E-state index in [9.17, 15) is 9.18 Å². The SMILES string of the molecule is CNC(=O)c1c(-c2ccc(F)cc2)oc2cc(COC)c(-c3cc(C)c(OC)cc3C)c(F)c12. The number of furan rings is 1. The van der Waals surface area contributed by atoms with E-state index >= 15 is 4.39 Å². The first kappa shape index (κ1) is 23.4. The van der Waals surface area contributed by atoms with Gasteiger partial charge in [0.2, 0.25) is 0 Å². The number of aryl methyl sites for hydroxylation is 2. The van der Waals surface area contributed by atoms with Crippen LogP contribution in [0.2, 0.25) is 0 Å². The molecule has 0 spiro atoms. The average molecular weight is 465 g/mol. The van der Waals surface area contributed by atoms with Gasteiger partial charge in [-0.1, -0.05) is 0 Å². The second kappa shape index (κ2) is 9.27. The highest BCUT2D eigenvalue weighted by atomic mass is 19.1. The number of rotatable bonds is 6. The molecule has 0 unspecified atom stereocenters. The van der Waals surface area contributed by atoms with Gasteiger partial charge in [0, 0.05) is 25.3 Å². The molecule has 0 atom stereocenters. The zero-order chi connectivity index (χ0) is 24.6. The first-order valence-electron chi connectivity index (χ1n) is 10.7. The molecule has 1 amide bonds. The fourth-order valence-electron chi connectivity index (χ4n) is 4.25. The van der Waals surface area contributed by atoms with Crippen molar-refractivity contribution < 1.29 is 27.5 Å². The predicted molar refractivity (Wildman–Crippen MR) is 127 cm³/mol. The summed E-state index contributed by atoms with van der Waals surface area (Å²) >= 11 is 0. The molecule has 7 heteroatoms. The van der Waals surface area contributed by atoms with E-state index in [0.29, 0.717) is 28.0 Å². The van der Waals surface area contributed by atoms with Crippen molar-refractivity contribution in [1.82, 2.24) is 5.32 Å². The molecule has 1 N–H and O–H groups in total. The highest BCUT2D eigenvalue weighted by Gasteiger charge is 2.28. The van der Waals surface area contributed by atoms with E-state index in [0.717, 1.165) is 11.1 Å². The van der Waals surface area contributed by atoms with Crippen molar-refractivity contribution >= 4 is 16.9 Å². The van der Waals surface area contributed by atoms with Crippen molar-refractivity contribution in [3.63, 3.8) is 0 Å². The van der Waals surface area contributed by atoms with Crippen LogP contribution >= 0.6 is 0 Å². The van der Waals surface area contributed by atoms with E-state index < -0.39 is 17.5 Å². The minimum atomic E-state index is -0.590. The third-order valence-corrected chi connectivity index (χ3v) is 5.87. The number of fused-ring (bicyclic) bond motifs is 1. The number of halogens is 2. The van der Waals surface area contributed by atoms with Crippen LogP contribution in [-0.4, -0.2) is 27.2 Å². The lowest BCUT2D eigenvalue weighted by Crippen LogP contribution is -2.18. The van der Waals surface area contributed by atoms with Crippen LogP contribution in [0.3, 0.4) is 0 Å². The van der Waals surface area contributed by atoms with Crippen LogP contribution in [-0.2, 0) is 11.3 Å². The Morgan fingerprint density at radius 1 is 1.03 bits per heavy atom. The van der Waals surface area contributed by atoms with Crippen LogP contribution in [0.25, 0.3) is 33.4 Å². The summed E-state index contributed by atoms with van der Waals surface area (Å²) in [7, 11) is 4.58. The molecule has 1 aromatic heterocycles. The number of hydrogen-bond donors (Lipinski definition) is 1.